The van der Waals surface area contributed by atoms with Crippen LogP contribution in [-0.2, 0) is 0 Å². The second kappa shape index (κ2) is 12.0. The number of hydrogen-bond acceptors (Lipinski definition) is 0. The standard InChI is InChI=1S/C38H32P2/c1-7-19-33(20-8-1)39(34-21-9-2-10-22-34,35-23-11-3-12-24-35)31-32-40(36-25-13-4-14-26-36,37-27-15-5-16-28-37)38-29-17-6-18-30-38/h1-32H/q+2/b32-31-. The molecular formula is C38H32P2+2. The summed E-state index contributed by atoms with van der Waals surface area (Å²) in [6.07, 6.45) is 0. The number of benzene rings is 6. The molecule has 0 saturated carbocycles. The maximum atomic E-state index is 2.60. The molecule has 0 aliphatic rings. The van der Waals surface area contributed by atoms with Crippen molar-refractivity contribution < 1.29 is 0 Å². The minimum absolute atomic E-state index is 1.36. The van der Waals surface area contributed by atoms with E-state index in [4.69, 9.17) is 0 Å². The molecule has 0 bridgehead atoms. The number of hydrogen-bond donors (Lipinski definition) is 0. The van der Waals surface area contributed by atoms with Gasteiger partial charge in [-0.3, -0.25) is 0 Å². The van der Waals surface area contributed by atoms with Gasteiger partial charge in [-0.15, -0.1) is 0 Å². The van der Waals surface area contributed by atoms with Crippen molar-refractivity contribution in [2.45, 2.75) is 0 Å². The van der Waals surface area contributed by atoms with Gasteiger partial charge in [0.1, 0.15) is 58.0 Å². The lowest BCUT2D eigenvalue weighted by Gasteiger charge is -2.27. The van der Waals surface area contributed by atoms with Crippen LogP contribution < -0.4 is 31.8 Å². The van der Waals surface area contributed by atoms with Gasteiger partial charge in [0, 0.05) is 0 Å². The summed E-state index contributed by atoms with van der Waals surface area (Å²) in [4.78, 5) is 0. The first-order valence-corrected chi connectivity index (χ1v) is 17.4. The van der Waals surface area contributed by atoms with Crippen LogP contribution in [0.2, 0.25) is 0 Å². The highest BCUT2D eigenvalue weighted by Gasteiger charge is 2.49. The van der Waals surface area contributed by atoms with Crippen molar-refractivity contribution in [3.05, 3.63) is 194 Å². The Bertz CT molecular complexity index is 1330. The predicted octanol–water partition coefficient (Wildman–Crippen LogP) is 7.45. The van der Waals surface area contributed by atoms with Gasteiger partial charge in [-0.2, -0.15) is 0 Å². The summed E-state index contributed by atoms with van der Waals surface area (Å²) in [5, 5.41) is 8.14. The molecule has 0 fully saturated rings. The topological polar surface area (TPSA) is 0 Å². The Balaban J connectivity index is 1.72. The van der Waals surface area contributed by atoms with E-state index in [1.165, 1.54) is 31.8 Å². The Morgan fingerprint density at radius 3 is 0.525 bits per heavy atom. The molecule has 0 aliphatic carbocycles. The highest BCUT2D eigenvalue weighted by Crippen LogP contribution is 2.63. The summed E-state index contributed by atoms with van der Waals surface area (Å²) in [6, 6.07) is 66.6. The van der Waals surface area contributed by atoms with E-state index in [1.54, 1.807) is 0 Å². The van der Waals surface area contributed by atoms with Crippen molar-refractivity contribution in [3.63, 3.8) is 0 Å². The average Bonchev–Trinajstić information content (AvgIpc) is 3.06. The van der Waals surface area contributed by atoms with Gasteiger partial charge >= 0.3 is 0 Å². The molecule has 0 saturated heterocycles. The molecule has 0 nitrogen and oxygen atoms in total. The smallest absolute Gasteiger partial charge is 0.0620 e. The van der Waals surface area contributed by atoms with Gasteiger partial charge in [-0.25, -0.2) is 0 Å². The monoisotopic (exact) mass is 550 g/mol. The van der Waals surface area contributed by atoms with E-state index in [0.29, 0.717) is 0 Å². The summed E-state index contributed by atoms with van der Waals surface area (Å²) in [5.74, 6) is 5.21. The number of rotatable bonds is 8. The quantitative estimate of drug-likeness (QED) is 0.173. The van der Waals surface area contributed by atoms with Crippen molar-refractivity contribution in [3.8, 4) is 0 Å². The van der Waals surface area contributed by atoms with E-state index in [1.807, 2.05) is 0 Å². The average molecular weight is 551 g/mol. The van der Waals surface area contributed by atoms with Crippen LogP contribution in [0.25, 0.3) is 0 Å². The molecule has 0 heterocycles. The van der Waals surface area contributed by atoms with E-state index in [9.17, 15) is 0 Å². The van der Waals surface area contributed by atoms with Gasteiger partial charge in [0.05, 0.1) is 0 Å². The van der Waals surface area contributed by atoms with E-state index in [2.05, 4.69) is 194 Å². The third kappa shape index (κ3) is 4.87. The Kier molecular flexibility index (Phi) is 7.83. The molecule has 0 amide bonds. The molecule has 192 valence electrons. The van der Waals surface area contributed by atoms with E-state index in [-0.39, 0.29) is 0 Å². The Morgan fingerprint density at radius 2 is 0.375 bits per heavy atom. The molecule has 0 spiro atoms. The fraction of sp³-hybridized carbons (Fsp3) is 0. The summed E-state index contributed by atoms with van der Waals surface area (Å²) in [7, 11) is -4.33. The molecule has 2 heteroatoms. The van der Waals surface area contributed by atoms with Crippen molar-refractivity contribution in [1.29, 1.82) is 0 Å². The Labute approximate surface area is 239 Å². The lowest BCUT2D eigenvalue weighted by molar-refractivity contribution is 1.72. The minimum Gasteiger partial charge on any atom is -0.0620 e. The molecule has 0 N–H and O–H groups in total. The first-order valence-electron chi connectivity index (χ1n) is 13.7. The molecule has 0 atom stereocenters. The van der Waals surface area contributed by atoms with Crippen LogP contribution in [0.3, 0.4) is 0 Å². The second-order valence-electron chi connectivity index (χ2n) is 9.76. The van der Waals surface area contributed by atoms with E-state index < -0.39 is 14.5 Å². The zero-order valence-corrected chi connectivity index (χ0v) is 24.2. The molecule has 0 unspecified atom stereocenters. The predicted molar refractivity (Wildman–Crippen MR) is 179 cm³/mol. The molecular weight excluding hydrogens is 518 g/mol. The summed E-state index contributed by atoms with van der Waals surface area (Å²) >= 11 is 0. The molecule has 40 heavy (non-hydrogen) atoms. The van der Waals surface area contributed by atoms with Crippen LogP contribution >= 0.6 is 14.5 Å². The lowest BCUT2D eigenvalue weighted by atomic mass is 10.4. The third-order valence-electron chi connectivity index (χ3n) is 7.49. The van der Waals surface area contributed by atoms with E-state index in [0.717, 1.165) is 0 Å². The van der Waals surface area contributed by atoms with Crippen LogP contribution in [0, 0.1) is 0 Å². The van der Waals surface area contributed by atoms with Crippen molar-refractivity contribution in [1.82, 2.24) is 0 Å². The second-order valence-corrected chi connectivity index (χ2v) is 16.3. The first-order chi connectivity index (χ1) is 19.8. The lowest BCUT2D eigenvalue weighted by Crippen LogP contribution is -2.32. The summed E-state index contributed by atoms with van der Waals surface area (Å²) in [6.45, 7) is 0. The van der Waals surface area contributed by atoms with Gasteiger partial charge < -0.3 is 0 Å². The molecule has 0 aromatic heterocycles. The molecule has 6 aromatic rings. The van der Waals surface area contributed by atoms with Crippen LogP contribution in [-0.4, -0.2) is 0 Å². The van der Waals surface area contributed by atoms with Crippen molar-refractivity contribution >= 4 is 46.4 Å². The zero-order valence-electron chi connectivity index (χ0n) is 22.4. The van der Waals surface area contributed by atoms with Crippen LogP contribution in [0.5, 0.6) is 0 Å². The summed E-state index contributed by atoms with van der Waals surface area (Å²) in [5.41, 5.74) is 0. The normalized spacial score (nSPS) is 11.9. The van der Waals surface area contributed by atoms with Crippen molar-refractivity contribution in [2.75, 3.05) is 0 Å². The fourth-order valence-corrected chi connectivity index (χ4v) is 13.9. The molecule has 6 aromatic carbocycles. The van der Waals surface area contributed by atoms with Crippen LogP contribution in [0.4, 0.5) is 0 Å². The van der Waals surface area contributed by atoms with Gasteiger partial charge in [-0.05, 0) is 72.8 Å². The maximum absolute atomic E-state index is 2.60. The molecule has 6 rings (SSSR count). The van der Waals surface area contributed by atoms with Gasteiger partial charge in [0.25, 0.3) is 0 Å². The van der Waals surface area contributed by atoms with Crippen LogP contribution in [0.1, 0.15) is 0 Å². The Morgan fingerprint density at radius 1 is 0.225 bits per heavy atom. The maximum Gasteiger partial charge on any atom is 0.140 e. The van der Waals surface area contributed by atoms with Crippen LogP contribution in [0.15, 0.2) is 194 Å². The minimum atomic E-state index is -2.16. The van der Waals surface area contributed by atoms with Crippen molar-refractivity contribution in [2.24, 2.45) is 0 Å². The SMILES string of the molecule is C(=C/[P+](c1ccccc1)(c1ccccc1)c1ccccc1)/[P+](c1ccccc1)(c1ccccc1)c1ccccc1. The third-order valence-corrected chi connectivity index (χ3v) is 15.6. The highest BCUT2D eigenvalue weighted by atomic mass is 31.2. The zero-order chi connectivity index (χ0) is 27.1. The van der Waals surface area contributed by atoms with Gasteiger partial charge in [0.2, 0.25) is 0 Å². The largest absolute Gasteiger partial charge is 0.140 e. The van der Waals surface area contributed by atoms with E-state index >= 15 is 0 Å². The molecule has 0 radical (unpaired) electrons. The fourth-order valence-electron chi connectivity index (χ4n) is 5.59. The first kappa shape index (κ1) is 26.2. The van der Waals surface area contributed by atoms with Gasteiger partial charge in [0.15, 0.2) is 0 Å². The molecule has 0 aliphatic heterocycles. The summed E-state index contributed by atoms with van der Waals surface area (Å²) < 4.78 is 0. The van der Waals surface area contributed by atoms with Gasteiger partial charge in [-0.1, -0.05) is 109 Å². The highest BCUT2D eigenvalue weighted by molar-refractivity contribution is 8.01. The Hall–Kier alpha value is -4.08.